The summed E-state index contributed by atoms with van der Waals surface area (Å²) in [6.07, 6.45) is -4.87. The quantitative estimate of drug-likeness (QED) is 0.426. The summed E-state index contributed by atoms with van der Waals surface area (Å²) in [6, 6.07) is 4.07. The van der Waals surface area contributed by atoms with Gasteiger partial charge >= 0.3 is 12.1 Å². The molecule has 0 saturated carbocycles. The minimum atomic E-state index is -4.87. The Bertz CT molecular complexity index is 847. The molecule has 0 spiro atoms. The highest BCUT2D eigenvalue weighted by atomic mass is 19.4. The fourth-order valence-electron chi connectivity index (χ4n) is 2.97. The summed E-state index contributed by atoms with van der Waals surface area (Å²) < 4.78 is 71.4. The van der Waals surface area contributed by atoms with Gasteiger partial charge in [-0.15, -0.1) is 0 Å². The van der Waals surface area contributed by atoms with Gasteiger partial charge in [-0.1, -0.05) is 17.7 Å². The molecular weight excluding hydrogens is 379 g/mol. The van der Waals surface area contributed by atoms with Crippen molar-refractivity contribution in [2.24, 2.45) is 0 Å². The molecular formula is C21H23F5O2. The van der Waals surface area contributed by atoms with Crippen molar-refractivity contribution in [2.45, 2.75) is 47.7 Å². The first kappa shape index (κ1) is 23.6. The van der Waals surface area contributed by atoms with Gasteiger partial charge in [-0.25, -0.2) is 8.78 Å². The highest BCUT2D eigenvalue weighted by molar-refractivity contribution is 5.73. The van der Waals surface area contributed by atoms with E-state index in [1.807, 2.05) is 6.92 Å². The van der Waals surface area contributed by atoms with Crippen molar-refractivity contribution in [3.63, 3.8) is 0 Å². The zero-order chi connectivity index (χ0) is 21.8. The van der Waals surface area contributed by atoms with Crippen molar-refractivity contribution in [3.8, 4) is 11.1 Å². The van der Waals surface area contributed by atoms with E-state index in [9.17, 15) is 26.7 Å². The van der Waals surface area contributed by atoms with Crippen LogP contribution >= 0.6 is 0 Å². The third kappa shape index (κ3) is 5.53. The lowest BCUT2D eigenvalue weighted by atomic mass is 9.91. The average molecular weight is 402 g/mol. The molecule has 0 amide bonds. The summed E-state index contributed by atoms with van der Waals surface area (Å²) in [5.74, 6) is -2.73. The van der Waals surface area contributed by atoms with E-state index in [0.29, 0.717) is 29.4 Å². The largest absolute Gasteiger partial charge is 0.466 e. The summed E-state index contributed by atoms with van der Waals surface area (Å²) in [5, 5.41) is 0. The number of hydrogen-bond acceptors (Lipinski definition) is 2. The minimum absolute atomic E-state index is 0.211. The van der Waals surface area contributed by atoms with Crippen LogP contribution in [0.1, 0.15) is 41.7 Å². The molecule has 0 bridgehead atoms. The maximum atomic E-state index is 14.4. The molecule has 0 aliphatic heterocycles. The summed E-state index contributed by atoms with van der Waals surface area (Å²) in [7, 11) is 0. The second-order valence-electron chi connectivity index (χ2n) is 6.42. The molecule has 2 rings (SSSR count). The van der Waals surface area contributed by atoms with Crippen LogP contribution in [-0.4, -0.2) is 12.6 Å². The molecule has 2 aromatic carbocycles. The molecule has 0 radical (unpaired) electrons. The number of carbonyl (C=O) groups excluding carboxylic acids is 1. The Morgan fingerprint density at radius 2 is 1.46 bits per heavy atom. The minimum Gasteiger partial charge on any atom is -0.466 e. The maximum Gasteiger partial charge on any atom is 0.419 e. The number of aryl methyl sites for hydroxylation is 3. The van der Waals surface area contributed by atoms with Crippen molar-refractivity contribution in [1.29, 1.82) is 0 Å². The molecule has 0 N–H and O–H groups in total. The Balaban J connectivity index is 0.000000568. The number of hydrogen-bond donors (Lipinski definition) is 0. The highest BCUT2D eigenvalue weighted by Gasteiger charge is 2.36. The topological polar surface area (TPSA) is 26.3 Å². The van der Waals surface area contributed by atoms with Crippen LogP contribution in [0.3, 0.4) is 0 Å². The first-order valence-corrected chi connectivity index (χ1v) is 8.58. The van der Waals surface area contributed by atoms with Crippen LogP contribution in [0.25, 0.3) is 11.1 Å². The number of ether oxygens (including phenoxy) is 1. The lowest BCUT2D eigenvalue weighted by molar-refractivity contribution is -0.141. The van der Waals surface area contributed by atoms with Crippen LogP contribution in [0.15, 0.2) is 18.2 Å². The predicted molar refractivity (Wildman–Crippen MR) is 98.1 cm³/mol. The third-order valence-corrected chi connectivity index (χ3v) is 4.02. The van der Waals surface area contributed by atoms with E-state index in [1.54, 1.807) is 32.9 Å². The Hall–Kier alpha value is -2.44. The van der Waals surface area contributed by atoms with E-state index >= 15 is 0 Å². The molecule has 0 atom stereocenters. The normalized spacial score (nSPS) is 11.0. The molecule has 7 heteroatoms. The van der Waals surface area contributed by atoms with Crippen LogP contribution in [0.5, 0.6) is 0 Å². The summed E-state index contributed by atoms with van der Waals surface area (Å²) >= 11 is 0. The number of benzene rings is 2. The zero-order valence-electron chi connectivity index (χ0n) is 16.6. The number of alkyl halides is 3. The molecule has 0 heterocycles. The van der Waals surface area contributed by atoms with E-state index < -0.39 is 28.9 Å². The van der Waals surface area contributed by atoms with E-state index in [0.717, 1.165) is 12.5 Å². The SMILES string of the molecule is CCOC(C)=O.Cc1cc(C)c(-c2cc(C(F)(F)F)c(F)c(C)c2F)c(C)c1. The van der Waals surface area contributed by atoms with E-state index in [-0.39, 0.29) is 11.5 Å². The van der Waals surface area contributed by atoms with Gasteiger partial charge in [0.25, 0.3) is 0 Å². The Morgan fingerprint density at radius 3 is 1.82 bits per heavy atom. The van der Waals surface area contributed by atoms with Gasteiger partial charge < -0.3 is 4.74 Å². The van der Waals surface area contributed by atoms with Crippen molar-refractivity contribution in [3.05, 3.63) is 57.7 Å². The summed E-state index contributed by atoms with van der Waals surface area (Å²) in [5.41, 5.74) is 0.308. The van der Waals surface area contributed by atoms with Crippen LogP contribution in [-0.2, 0) is 15.7 Å². The Kier molecular flexibility index (Phi) is 7.73. The van der Waals surface area contributed by atoms with Gasteiger partial charge in [-0.3, -0.25) is 4.79 Å². The molecule has 154 valence electrons. The summed E-state index contributed by atoms with van der Waals surface area (Å²) in [6.45, 7) is 9.90. The monoisotopic (exact) mass is 402 g/mol. The molecule has 0 aliphatic rings. The lowest BCUT2D eigenvalue weighted by Crippen LogP contribution is -2.11. The van der Waals surface area contributed by atoms with Gasteiger partial charge in [-0.05, 0) is 57.4 Å². The fourth-order valence-corrected chi connectivity index (χ4v) is 2.97. The smallest absolute Gasteiger partial charge is 0.419 e. The fraction of sp³-hybridized carbons (Fsp3) is 0.381. The molecule has 2 aromatic rings. The maximum absolute atomic E-state index is 14.4. The van der Waals surface area contributed by atoms with Gasteiger partial charge in [-0.2, -0.15) is 13.2 Å². The zero-order valence-corrected chi connectivity index (χ0v) is 16.6. The number of esters is 1. The van der Waals surface area contributed by atoms with Crippen LogP contribution in [0, 0.1) is 39.3 Å². The van der Waals surface area contributed by atoms with Crippen molar-refractivity contribution in [2.75, 3.05) is 6.61 Å². The second-order valence-corrected chi connectivity index (χ2v) is 6.42. The molecule has 0 unspecified atom stereocenters. The molecule has 2 nitrogen and oxygen atoms in total. The Labute approximate surface area is 161 Å². The van der Waals surface area contributed by atoms with E-state index in [4.69, 9.17) is 0 Å². The van der Waals surface area contributed by atoms with Crippen LogP contribution < -0.4 is 0 Å². The number of carbonyl (C=O) groups is 1. The van der Waals surface area contributed by atoms with E-state index in [2.05, 4.69) is 4.74 Å². The molecule has 0 saturated heterocycles. The van der Waals surface area contributed by atoms with Gasteiger partial charge in [0.1, 0.15) is 11.6 Å². The standard InChI is InChI=1S/C17H15F5.C4H8O2/c1-8-5-9(2)14(10(3)6-8)12-7-13(17(20,21)22)16(19)11(4)15(12)18;1-3-6-4(2)5/h5-7H,1-4H3;3H2,1-2H3. The van der Waals surface area contributed by atoms with Crippen LogP contribution in [0.2, 0.25) is 0 Å². The first-order valence-electron chi connectivity index (χ1n) is 8.58. The molecule has 0 aromatic heterocycles. The molecule has 28 heavy (non-hydrogen) atoms. The molecule has 0 fully saturated rings. The van der Waals surface area contributed by atoms with Gasteiger partial charge in [0.2, 0.25) is 0 Å². The number of rotatable bonds is 2. The number of halogens is 5. The predicted octanol–water partition coefficient (Wildman–Crippen LogP) is 6.45. The first-order chi connectivity index (χ1) is 12.8. The van der Waals surface area contributed by atoms with Gasteiger partial charge in [0.05, 0.1) is 12.2 Å². The third-order valence-electron chi connectivity index (χ3n) is 4.02. The Morgan fingerprint density at radius 1 is 0.964 bits per heavy atom. The summed E-state index contributed by atoms with van der Waals surface area (Å²) in [4.78, 5) is 9.82. The lowest BCUT2D eigenvalue weighted by Gasteiger charge is -2.17. The molecule has 0 aliphatic carbocycles. The van der Waals surface area contributed by atoms with Crippen molar-refractivity contribution < 1.29 is 31.5 Å². The van der Waals surface area contributed by atoms with Gasteiger partial charge in [0, 0.05) is 18.1 Å². The highest BCUT2D eigenvalue weighted by Crippen LogP contribution is 2.39. The van der Waals surface area contributed by atoms with Crippen molar-refractivity contribution >= 4 is 5.97 Å². The average Bonchev–Trinajstić information content (AvgIpc) is 2.53. The van der Waals surface area contributed by atoms with Crippen LogP contribution in [0.4, 0.5) is 22.0 Å². The second kappa shape index (κ2) is 9.17. The van der Waals surface area contributed by atoms with Crippen molar-refractivity contribution in [1.82, 2.24) is 0 Å². The van der Waals surface area contributed by atoms with Gasteiger partial charge in [0.15, 0.2) is 0 Å². The van der Waals surface area contributed by atoms with E-state index in [1.165, 1.54) is 6.92 Å².